The van der Waals surface area contributed by atoms with Crippen LogP contribution in [0.1, 0.15) is 23.8 Å². The van der Waals surface area contributed by atoms with Gasteiger partial charge in [-0.25, -0.2) is 13.1 Å². The van der Waals surface area contributed by atoms with Crippen molar-refractivity contribution in [3.8, 4) is 0 Å². The molecule has 7 nitrogen and oxygen atoms in total. The molecule has 0 spiro atoms. The van der Waals surface area contributed by atoms with Gasteiger partial charge < -0.3 is 4.90 Å². The van der Waals surface area contributed by atoms with Crippen molar-refractivity contribution in [3.63, 3.8) is 0 Å². The molecule has 0 amide bonds. The van der Waals surface area contributed by atoms with E-state index in [0.29, 0.717) is 17.3 Å². The van der Waals surface area contributed by atoms with Crippen LogP contribution in [-0.4, -0.2) is 52.3 Å². The SMILES string of the molecule is O=S(=O)(c1ccc(CN2C=CC=CC2)s1)N1CCC(n2nnc3ccccc32)CC1. The molecule has 1 saturated heterocycles. The number of rotatable bonds is 5. The summed E-state index contributed by atoms with van der Waals surface area (Å²) < 4.78 is 30.3. The molecular weight excluding hydrogens is 418 g/mol. The number of hydrogen-bond acceptors (Lipinski definition) is 6. The van der Waals surface area contributed by atoms with Crippen LogP contribution in [-0.2, 0) is 16.6 Å². The molecule has 2 aromatic heterocycles. The van der Waals surface area contributed by atoms with Crippen LogP contribution in [0.4, 0.5) is 0 Å². The molecule has 0 atom stereocenters. The van der Waals surface area contributed by atoms with Gasteiger partial charge >= 0.3 is 0 Å². The van der Waals surface area contributed by atoms with Crippen molar-refractivity contribution in [1.29, 1.82) is 0 Å². The molecule has 0 radical (unpaired) electrons. The quantitative estimate of drug-likeness (QED) is 0.607. The third-order valence-corrected chi connectivity index (χ3v) is 9.06. The van der Waals surface area contributed by atoms with E-state index in [9.17, 15) is 8.42 Å². The summed E-state index contributed by atoms with van der Waals surface area (Å²) in [7, 11) is -3.46. The number of piperidine rings is 1. The van der Waals surface area contributed by atoms with Crippen LogP contribution >= 0.6 is 11.3 Å². The minimum Gasteiger partial charge on any atom is -0.369 e. The highest BCUT2D eigenvalue weighted by Gasteiger charge is 2.32. The lowest BCUT2D eigenvalue weighted by Gasteiger charge is -2.30. The molecule has 4 heterocycles. The summed E-state index contributed by atoms with van der Waals surface area (Å²) >= 11 is 1.37. The van der Waals surface area contributed by atoms with E-state index in [1.807, 2.05) is 53.4 Å². The Balaban J connectivity index is 1.26. The number of allylic oxidation sites excluding steroid dienone is 2. The number of hydrogen-bond donors (Lipinski definition) is 0. The van der Waals surface area contributed by atoms with Gasteiger partial charge in [0.25, 0.3) is 10.0 Å². The lowest BCUT2D eigenvalue weighted by Crippen LogP contribution is -2.38. The number of thiophene rings is 1. The van der Waals surface area contributed by atoms with Gasteiger partial charge in [-0.3, -0.25) is 0 Å². The number of nitrogens with zero attached hydrogens (tertiary/aromatic N) is 5. The topological polar surface area (TPSA) is 71.3 Å². The Morgan fingerprint density at radius 1 is 1.07 bits per heavy atom. The molecule has 2 aliphatic heterocycles. The third-order valence-electron chi connectivity index (χ3n) is 5.62. The smallest absolute Gasteiger partial charge is 0.252 e. The van der Waals surface area contributed by atoms with Crippen molar-refractivity contribution >= 4 is 32.4 Å². The Morgan fingerprint density at radius 2 is 1.90 bits per heavy atom. The molecule has 156 valence electrons. The maximum Gasteiger partial charge on any atom is 0.252 e. The number of benzene rings is 1. The van der Waals surface area contributed by atoms with E-state index >= 15 is 0 Å². The Hall–Kier alpha value is -2.49. The molecule has 5 rings (SSSR count). The summed E-state index contributed by atoms with van der Waals surface area (Å²) in [6.07, 6.45) is 9.61. The monoisotopic (exact) mass is 441 g/mol. The lowest BCUT2D eigenvalue weighted by atomic mass is 10.1. The van der Waals surface area contributed by atoms with Crippen molar-refractivity contribution in [2.24, 2.45) is 0 Å². The Bertz CT molecular complexity index is 1200. The third kappa shape index (κ3) is 3.68. The zero-order valence-corrected chi connectivity index (χ0v) is 18.1. The average molecular weight is 442 g/mol. The normalized spacial score (nSPS) is 18.5. The second-order valence-electron chi connectivity index (χ2n) is 7.58. The van der Waals surface area contributed by atoms with Crippen LogP contribution in [0.25, 0.3) is 11.0 Å². The van der Waals surface area contributed by atoms with Crippen LogP contribution in [0, 0.1) is 0 Å². The molecule has 0 unspecified atom stereocenters. The molecule has 30 heavy (non-hydrogen) atoms. The largest absolute Gasteiger partial charge is 0.369 e. The fraction of sp³-hybridized carbons (Fsp3) is 0.333. The zero-order chi connectivity index (χ0) is 20.6. The highest BCUT2D eigenvalue weighted by Crippen LogP contribution is 2.31. The molecule has 1 fully saturated rings. The summed E-state index contributed by atoms with van der Waals surface area (Å²) in [4.78, 5) is 3.22. The molecule has 1 aromatic carbocycles. The van der Waals surface area contributed by atoms with Gasteiger partial charge in [0.1, 0.15) is 9.73 Å². The average Bonchev–Trinajstić information content (AvgIpc) is 3.42. The van der Waals surface area contributed by atoms with Crippen LogP contribution < -0.4 is 0 Å². The molecule has 9 heteroatoms. The van der Waals surface area contributed by atoms with E-state index in [1.54, 1.807) is 10.4 Å². The first-order valence-electron chi connectivity index (χ1n) is 10.1. The second kappa shape index (κ2) is 7.98. The Morgan fingerprint density at radius 3 is 2.70 bits per heavy atom. The van der Waals surface area contributed by atoms with E-state index in [1.165, 1.54) is 11.3 Å². The molecule has 0 bridgehead atoms. The first-order chi connectivity index (χ1) is 14.6. The first kappa shape index (κ1) is 19.5. The molecule has 2 aliphatic rings. The second-order valence-corrected chi connectivity index (χ2v) is 10.9. The molecule has 3 aromatic rings. The maximum absolute atomic E-state index is 13.2. The summed E-state index contributed by atoms with van der Waals surface area (Å²) in [5.41, 5.74) is 1.88. The van der Waals surface area contributed by atoms with E-state index in [0.717, 1.165) is 41.8 Å². The van der Waals surface area contributed by atoms with Gasteiger partial charge in [-0.15, -0.1) is 16.4 Å². The Labute approximate surface area is 180 Å². The van der Waals surface area contributed by atoms with E-state index in [4.69, 9.17) is 0 Å². The maximum atomic E-state index is 13.2. The van der Waals surface area contributed by atoms with Crippen molar-refractivity contribution in [2.75, 3.05) is 19.6 Å². The van der Waals surface area contributed by atoms with Crippen LogP contribution in [0.3, 0.4) is 0 Å². The summed E-state index contributed by atoms with van der Waals surface area (Å²) in [5.74, 6) is 0. The van der Waals surface area contributed by atoms with Crippen LogP contribution in [0.2, 0.25) is 0 Å². The fourth-order valence-electron chi connectivity index (χ4n) is 4.02. The predicted octanol–water partition coefficient (Wildman–Crippen LogP) is 3.40. The molecule has 0 N–H and O–H groups in total. The minimum atomic E-state index is -3.46. The Kier molecular flexibility index (Phi) is 5.18. The standard InChI is InChI=1S/C21H23N5O2S2/c27-30(28,21-9-8-18(29-21)16-24-12-4-1-5-13-24)25-14-10-17(11-15-25)26-20-7-3-2-6-19(20)22-23-26/h1-9,12,17H,10-11,13-16H2. The lowest BCUT2D eigenvalue weighted by molar-refractivity contribution is 0.263. The van der Waals surface area contributed by atoms with E-state index in [2.05, 4.69) is 21.3 Å². The van der Waals surface area contributed by atoms with Gasteiger partial charge in [0.15, 0.2) is 0 Å². The molecule has 0 aliphatic carbocycles. The summed E-state index contributed by atoms with van der Waals surface area (Å²) in [6, 6.07) is 11.7. The highest BCUT2D eigenvalue weighted by atomic mass is 32.2. The number of sulfonamides is 1. The van der Waals surface area contributed by atoms with Gasteiger partial charge in [-0.2, -0.15) is 4.31 Å². The van der Waals surface area contributed by atoms with Crippen LogP contribution in [0.5, 0.6) is 0 Å². The van der Waals surface area contributed by atoms with E-state index in [-0.39, 0.29) is 6.04 Å². The number of aromatic nitrogens is 3. The summed E-state index contributed by atoms with van der Waals surface area (Å²) in [5, 5.41) is 8.54. The number of para-hydroxylation sites is 1. The van der Waals surface area contributed by atoms with Gasteiger partial charge in [0, 0.05) is 24.5 Å². The van der Waals surface area contributed by atoms with Crippen molar-refractivity contribution < 1.29 is 8.42 Å². The highest BCUT2D eigenvalue weighted by molar-refractivity contribution is 7.91. The number of fused-ring (bicyclic) bond motifs is 1. The predicted molar refractivity (Wildman–Crippen MR) is 118 cm³/mol. The molecule has 0 saturated carbocycles. The zero-order valence-electron chi connectivity index (χ0n) is 16.5. The molecular formula is C21H23N5O2S2. The van der Waals surface area contributed by atoms with Gasteiger partial charge in [0.05, 0.1) is 18.1 Å². The van der Waals surface area contributed by atoms with E-state index < -0.39 is 10.0 Å². The van der Waals surface area contributed by atoms with Crippen molar-refractivity contribution in [2.45, 2.75) is 29.6 Å². The van der Waals surface area contributed by atoms with Gasteiger partial charge in [-0.1, -0.05) is 29.5 Å². The fourth-order valence-corrected chi connectivity index (χ4v) is 7.02. The first-order valence-corrected chi connectivity index (χ1v) is 12.3. The van der Waals surface area contributed by atoms with Crippen LogP contribution in [0.15, 0.2) is 65.0 Å². The van der Waals surface area contributed by atoms with Gasteiger partial charge in [-0.05, 0) is 49.4 Å². The van der Waals surface area contributed by atoms with Gasteiger partial charge in [0.2, 0.25) is 0 Å². The minimum absolute atomic E-state index is 0.168. The summed E-state index contributed by atoms with van der Waals surface area (Å²) in [6.45, 7) is 2.56. The van der Waals surface area contributed by atoms with Crippen molar-refractivity contribution in [1.82, 2.24) is 24.2 Å². The van der Waals surface area contributed by atoms with Crippen molar-refractivity contribution in [3.05, 3.63) is 65.7 Å².